The summed E-state index contributed by atoms with van der Waals surface area (Å²) in [5.41, 5.74) is 3.66. The molecule has 1 N–H and O–H groups in total. The Morgan fingerprint density at radius 3 is 2.69 bits per heavy atom. The van der Waals surface area contributed by atoms with Crippen molar-refractivity contribution in [1.29, 1.82) is 0 Å². The molecule has 1 aromatic carbocycles. The standard InChI is InChI=1S/C23H28N2O5S2/c1-4-14(2)21(26)25-11-10-18-19(13-25)31-23(20(18)22(27)30-3)32(28,29)24-17-9-8-15-6-5-7-16(15)12-17/h8-9,12,14,24H,4-7,10-11,13H2,1-3H3. The number of hydrogen-bond donors (Lipinski definition) is 1. The third-order valence-corrected chi connectivity index (χ3v) is 9.47. The van der Waals surface area contributed by atoms with Gasteiger partial charge in [0.2, 0.25) is 5.91 Å². The van der Waals surface area contributed by atoms with Crippen molar-refractivity contribution < 1.29 is 22.7 Å². The van der Waals surface area contributed by atoms with Gasteiger partial charge in [0.05, 0.1) is 19.2 Å². The molecule has 0 saturated heterocycles. The molecule has 2 heterocycles. The number of aryl methyl sites for hydroxylation is 2. The van der Waals surface area contributed by atoms with Crippen LogP contribution in [0.25, 0.3) is 0 Å². The van der Waals surface area contributed by atoms with Gasteiger partial charge in [-0.1, -0.05) is 19.9 Å². The first-order chi connectivity index (χ1) is 15.2. The lowest BCUT2D eigenvalue weighted by Crippen LogP contribution is -2.38. The fraction of sp³-hybridized carbons (Fsp3) is 0.478. The van der Waals surface area contributed by atoms with Crippen molar-refractivity contribution in [2.24, 2.45) is 5.92 Å². The van der Waals surface area contributed by atoms with Gasteiger partial charge < -0.3 is 9.64 Å². The zero-order chi connectivity index (χ0) is 23.0. The zero-order valence-corrected chi connectivity index (χ0v) is 20.2. The molecular formula is C23H28N2O5S2. The molecule has 0 fully saturated rings. The second-order valence-electron chi connectivity index (χ2n) is 8.42. The van der Waals surface area contributed by atoms with Crippen LogP contribution in [0.2, 0.25) is 0 Å². The van der Waals surface area contributed by atoms with Crippen LogP contribution in [-0.2, 0) is 45.4 Å². The summed E-state index contributed by atoms with van der Waals surface area (Å²) in [5.74, 6) is -0.716. The smallest absolute Gasteiger partial charge is 0.340 e. The number of sulfonamides is 1. The van der Waals surface area contributed by atoms with Crippen LogP contribution in [0.1, 0.15) is 58.6 Å². The highest BCUT2D eigenvalue weighted by molar-refractivity contribution is 7.94. The quantitative estimate of drug-likeness (QED) is 0.641. The molecule has 1 amide bonds. The summed E-state index contributed by atoms with van der Waals surface area (Å²) in [6.07, 6.45) is 4.18. The number of methoxy groups -OCH3 is 1. The van der Waals surface area contributed by atoms with Crippen molar-refractivity contribution in [3.8, 4) is 0 Å². The summed E-state index contributed by atoms with van der Waals surface area (Å²) in [4.78, 5) is 27.7. The Labute approximate surface area is 192 Å². The molecule has 1 aliphatic heterocycles. The van der Waals surface area contributed by atoms with E-state index in [1.165, 1.54) is 12.7 Å². The lowest BCUT2D eigenvalue weighted by molar-refractivity contribution is -0.135. The number of nitrogens with zero attached hydrogens (tertiary/aromatic N) is 1. The Bertz CT molecular complexity index is 1170. The van der Waals surface area contributed by atoms with Gasteiger partial charge in [-0.2, -0.15) is 0 Å². The van der Waals surface area contributed by atoms with Gasteiger partial charge in [0.25, 0.3) is 10.0 Å². The lowest BCUT2D eigenvalue weighted by Gasteiger charge is -2.29. The highest BCUT2D eigenvalue weighted by Gasteiger charge is 2.35. The molecule has 1 aliphatic carbocycles. The minimum Gasteiger partial charge on any atom is -0.465 e. The number of esters is 1. The van der Waals surface area contributed by atoms with E-state index >= 15 is 0 Å². The van der Waals surface area contributed by atoms with Crippen molar-refractivity contribution in [3.05, 3.63) is 45.3 Å². The number of fused-ring (bicyclic) bond motifs is 2. The third kappa shape index (κ3) is 4.15. The van der Waals surface area contributed by atoms with Crippen LogP contribution < -0.4 is 4.72 Å². The Morgan fingerprint density at radius 1 is 1.22 bits per heavy atom. The predicted octanol–water partition coefficient (Wildman–Crippen LogP) is 3.76. The molecule has 7 nitrogen and oxygen atoms in total. The SMILES string of the molecule is CCC(C)C(=O)N1CCc2c(sc(S(=O)(=O)Nc3ccc4c(c3)CCC4)c2C(=O)OC)C1. The summed E-state index contributed by atoms with van der Waals surface area (Å²) in [6, 6.07) is 5.59. The first-order valence-corrected chi connectivity index (χ1v) is 13.2. The molecule has 0 spiro atoms. The number of rotatable bonds is 6. The summed E-state index contributed by atoms with van der Waals surface area (Å²) in [5, 5.41) is 0. The highest BCUT2D eigenvalue weighted by atomic mass is 32.2. The number of carbonyl (C=O) groups is 2. The molecule has 2 aromatic rings. The second kappa shape index (κ2) is 8.86. The Morgan fingerprint density at radius 2 is 1.97 bits per heavy atom. The maximum Gasteiger partial charge on any atom is 0.340 e. The molecule has 0 bridgehead atoms. The Kier molecular flexibility index (Phi) is 6.31. The third-order valence-electron chi connectivity index (χ3n) is 6.35. The van der Waals surface area contributed by atoms with Crippen LogP contribution in [0.15, 0.2) is 22.4 Å². The van der Waals surface area contributed by atoms with Gasteiger partial charge in [-0.3, -0.25) is 9.52 Å². The molecule has 1 atom stereocenters. The van der Waals surface area contributed by atoms with Gasteiger partial charge in [0, 0.05) is 23.0 Å². The van der Waals surface area contributed by atoms with Crippen molar-refractivity contribution >= 4 is 38.9 Å². The molecule has 0 radical (unpaired) electrons. The minimum atomic E-state index is -4.01. The topological polar surface area (TPSA) is 92.8 Å². The first kappa shape index (κ1) is 22.8. The number of nitrogens with one attached hydrogen (secondary N) is 1. The van der Waals surface area contributed by atoms with Crippen molar-refractivity contribution in [3.63, 3.8) is 0 Å². The molecule has 9 heteroatoms. The van der Waals surface area contributed by atoms with Crippen molar-refractivity contribution in [2.75, 3.05) is 18.4 Å². The zero-order valence-electron chi connectivity index (χ0n) is 18.6. The van der Waals surface area contributed by atoms with Crippen LogP contribution in [0.5, 0.6) is 0 Å². The summed E-state index contributed by atoms with van der Waals surface area (Å²) >= 11 is 1.05. The predicted molar refractivity (Wildman–Crippen MR) is 124 cm³/mol. The van der Waals surface area contributed by atoms with Crippen molar-refractivity contribution in [2.45, 2.75) is 56.7 Å². The van der Waals surface area contributed by atoms with Gasteiger partial charge in [-0.05, 0) is 60.9 Å². The van der Waals surface area contributed by atoms with Crippen LogP contribution >= 0.6 is 11.3 Å². The maximum absolute atomic E-state index is 13.3. The highest BCUT2D eigenvalue weighted by Crippen LogP contribution is 2.38. The van der Waals surface area contributed by atoms with E-state index in [-0.39, 0.29) is 21.6 Å². The lowest BCUT2D eigenvalue weighted by atomic mass is 10.0. The summed E-state index contributed by atoms with van der Waals surface area (Å²) in [6.45, 7) is 4.62. The van der Waals surface area contributed by atoms with E-state index in [1.54, 1.807) is 11.0 Å². The van der Waals surface area contributed by atoms with Gasteiger partial charge in [0.15, 0.2) is 4.21 Å². The molecule has 2 aliphatic rings. The van der Waals surface area contributed by atoms with Gasteiger partial charge in [-0.25, -0.2) is 13.2 Å². The van der Waals surface area contributed by atoms with E-state index < -0.39 is 16.0 Å². The Balaban J connectivity index is 1.68. The fourth-order valence-corrected chi connectivity index (χ4v) is 7.34. The van der Waals surface area contributed by atoms with E-state index in [0.29, 0.717) is 30.8 Å². The Hall–Kier alpha value is -2.39. The van der Waals surface area contributed by atoms with Gasteiger partial charge >= 0.3 is 5.97 Å². The number of amides is 1. The van der Waals surface area contributed by atoms with Crippen LogP contribution in [0.4, 0.5) is 5.69 Å². The number of benzene rings is 1. The van der Waals surface area contributed by atoms with Crippen molar-refractivity contribution in [1.82, 2.24) is 4.90 Å². The summed E-state index contributed by atoms with van der Waals surface area (Å²) < 4.78 is 34.2. The number of ether oxygens (including phenoxy) is 1. The molecule has 1 unspecified atom stereocenters. The second-order valence-corrected chi connectivity index (χ2v) is 11.4. The average molecular weight is 477 g/mol. The molecular weight excluding hydrogens is 448 g/mol. The van der Waals surface area contributed by atoms with E-state index in [9.17, 15) is 18.0 Å². The molecule has 0 saturated carbocycles. The molecule has 32 heavy (non-hydrogen) atoms. The van der Waals surface area contributed by atoms with Crippen LogP contribution in [0.3, 0.4) is 0 Å². The minimum absolute atomic E-state index is 0.0480. The van der Waals surface area contributed by atoms with E-state index in [0.717, 1.165) is 47.5 Å². The number of thiophene rings is 1. The van der Waals surface area contributed by atoms with E-state index in [1.807, 2.05) is 26.0 Å². The van der Waals surface area contributed by atoms with Gasteiger partial charge in [0.1, 0.15) is 0 Å². The first-order valence-electron chi connectivity index (χ1n) is 10.9. The summed E-state index contributed by atoms with van der Waals surface area (Å²) in [7, 11) is -2.76. The number of anilines is 1. The molecule has 1 aromatic heterocycles. The number of hydrogen-bond acceptors (Lipinski definition) is 6. The van der Waals surface area contributed by atoms with Crippen LogP contribution in [0, 0.1) is 5.92 Å². The molecule has 4 rings (SSSR count). The average Bonchev–Trinajstić information content (AvgIpc) is 3.41. The van der Waals surface area contributed by atoms with Gasteiger partial charge in [-0.15, -0.1) is 11.3 Å². The maximum atomic E-state index is 13.3. The number of carbonyl (C=O) groups excluding carboxylic acids is 2. The largest absolute Gasteiger partial charge is 0.465 e. The van der Waals surface area contributed by atoms with E-state index in [2.05, 4.69) is 4.72 Å². The monoisotopic (exact) mass is 476 g/mol. The fourth-order valence-electron chi connectivity index (χ4n) is 4.39. The van der Waals surface area contributed by atoms with Crippen LogP contribution in [-0.4, -0.2) is 38.8 Å². The van der Waals surface area contributed by atoms with E-state index in [4.69, 9.17) is 4.74 Å². The normalized spacial score (nSPS) is 16.3. The molecule has 172 valence electrons.